The Balaban J connectivity index is 1.15. The van der Waals surface area contributed by atoms with Crippen molar-refractivity contribution in [1.82, 2.24) is 9.88 Å². The second-order valence-corrected chi connectivity index (χ2v) is 13.0. The molecule has 2 aliphatic carbocycles. The second-order valence-electron chi connectivity index (χ2n) is 13.0. The molecule has 238 valence electrons. The molecule has 0 N–H and O–H groups in total. The first kappa shape index (κ1) is 30.7. The minimum atomic E-state index is -0.857. The summed E-state index contributed by atoms with van der Waals surface area (Å²) in [5, 5.41) is 0. The van der Waals surface area contributed by atoms with Gasteiger partial charge in [-0.3, -0.25) is 14.4 Å². The minimum absolute atomic E-state index is 0.0140. The van der Waals surface area contributed by atoms with Gasteiger partial charge < -0.3 is 23.2 Å². The number of Topliss-reactive ketones (excluding diaryl/α,β-unsaturated/α-hetero) is 1. The molecule has 3 aromatic rings. The zero-order chi connectivity index (χ0) is 32.0. The Morgan fingerprint density at radius 1 is 1.13 bits per heavy atom. The molecule has 10 nitrogen and oxygen atoms in total. The molecule has 1 unspecified atom stereocenters. The van der Waals surface area contributed by atoms with E-state index in [4.69, 9.17) is 18.3 Å². The number of ketones is 1. The van der Waals surface area contributed by atoms with Crippen LogP contribution in [0, 0.1) is 24.6 Å². The van der Waals surface area contributed by atoms with Gasteiger partial charge in [0.25, 0.3) is 0 Å². The molecular formula is C34H37FN2O8. The maximum Gasteiger partial charge on any atom is 0.519 e. The molecule has 1 saturated carbocycles. The van der Waals surface area contributed by atoms with Crippen LogP contribution >= 0.6 is 0 Å². The standard InChI is InChI=1S/C34H37FN2O8/c1-18-27(45-33(41)44-18)17-43-29(39)16-19-12-22(13-19)32(40)37-10-8-25-23(5-6-28(36-25)42-4)31(37)26(38)15-20-11-21-7-9-34(2,3)30(21)24(35)14-20/h5-6,11,14,19,22,31H,7-10,12-13,15-17H2,1-4H3. The maximum atomic E-state index is 15.3. The number of benzene rings is 1. The van der Waals surface area contributed by atoms with Gasteiger partial charge in [0.1, 0.15) is 11.9 Å². The lowest BCUT2D eigenvalue weighted by atomic mass is 9.72. The third-order valence-corrected chi connectivity index (χ3v) is 9.52. The monoisotopic (exact) mass is 620 g/mol. The third kappa shape index (κ3) is 6.04. The fourth-order valence-electron chi connectivity index (χ4n) is 7.10. The summed E-state index contributed by atoms with van der Waals surface area (Å²) < 4.78 is 35.4. The van der Waals surface area contributed by atoms with E-state index in [0.29, 0.717) is 48.5 Å². The number of amides is 1. The SMILES string of the molecule is COc1ccc2c(n1)CCN(C(=O)C1CC(CC(=O)OCc3oc(=O)oc3C)C1)C2C(=O)Cc1cc(F)c2c(c1)CCC2(C)C. The molecule has 1 aromatic carbocycles. The van der Waals surface area contributed by atoms with Crippen molar-refractivity contribution in [2.45, 2.75) is 83.8 Å². The molecule has 3 heterocycles. The number of esters is 1. The van der Waals surface area contributed by atoms with Gasteiger partial charge in [-0.2, -0.15) is 0 Å². The van der Waals surface area contributed by atoms with E-state index in [1.807, 2.05) is 19.9 Å². The number of nitrogens with zero attached hydrogens (tertiary/aromatic N) is 2. The number of carbonyl (C=O) groups excluding carboxylic acids is 3. The first-order valence-corrected chi connectivity index (χ1v) is 15.4. The number of halogens is 1. The lowest BCUT2D eigenvalue weighted by Crippen LogP contribution is -2.49. The highest BCUT2D eigenvalue weighted by Gasteiger charge is 2.44. The van der Waals surface area contributed by atoms with E-state index in [9.17, 15) is 19.2 Å². The average molecular weight is 621 g/mol. The summed E-state index contributed by atoms with van der Waals surface area (Å²) in [5.41, 5.74) is 3.38. The number of rotatable bonds is 9. The molecule has 6 rings (SSSR count). The van der Waals surface area contributed by atoms with Crippen LogP contribution in [-0.4, -0.2) is 41.2 Å². The molecule has 1 fully saturated rings. The number of methoxy groups -OCH3 is 1. The van der Waals surface area contributed by atoms with E-state index in [2.05, 4.69) is 4.98 Å². The highest BCUT2D eigenvalue weighted by molar-refractivity contribution is 5.93. The van der Waals surface area contributed by atoms with Gasteiger partial charge >= 0.3 is 11.8 Å². The summed E-state index contributed by atoms with van der Waals surface area (Å²) in [4.78, 5) is 57.6. The zero-order valence-corrected chi connectivity index (χ0v) is 25.9. The molecule has 0 saturated heterocycles. The Hall–Kier alpha value is -4.28. The van der Waals surface area contributed by atoms with E-state index in [0.717, 1.165) is 24.0 Å². The Labute approximate surface area is 259 Å². The highest BCUT2D eigenvalue weighted by Crippen LogP contribution is 2.42. The van der Waals surface area contributed by atoms with E-state index in [-0.39, 0.29) is 65.7 Å². The van der Waals surface area contributed by atoms with Gasteiger partial charge in [-0.15, -0.1) is 0 Å². The predicted octanol–water partition coefficient (Wildman–Crippen LogP) is 4.71. The van der Waals surface area contributed by atoms with E-state index in [1.165, 1.54) is 13.2 Å². The largest absolute Gasteiger partial charge is 0.519 e. The fourth-order valence-corrected chi connectivity index (χ4v) is 7.10. The highest BCUT2D eigenvalue weighted by atomic mass is 19.1. The number of hydrogen-bond acceptors (Lipinski definition) is 9. The van der Waals surface area contributed by atoms with Gasteiger partial charge in [-0.25, -0.2) is 14.2 Å². The molecule has 0 radical (unpaired) electrons. The second kappa shape index (κ2) is 11.9. The summed E-state index contributed by atoms with van der Waals surface area (Å²) in [7, 11) is 1.53. The molecule has 1 aliphatic heterocycles. The lowest BCUT2D eigenvalue weighted by Gasteiger charge is -2.42. The van der Waals surface area contributed by atoms with Gasteiger partial charge in [0.05, 0.1) is 12.8 Å². The molecule has 45 heavy (non-hydrogen) atoms. The summed E-state index contributed by atoms with van der Waals surface area (Å²) in [6.45, 7) is 5.73. The third-order valence-electron chi connectivity index (χ3n) is 9.52. The van der Waals surface area contributed by atoms with Crippen LogP contribution in [0.25, 0.3) is 0 Å². The molecule has 0 bridgehead atoms. The topological polar surface area (TPSA) is 129 Å². The van der Waals surface area contributed by atoms with Gasteiger partial charge in [0.2, 0.25) is 11.8 Å². The summed E-state index contributed by atoms with van der Waals surface area (Å²) >= 11 is 0. The van der Waals surface area contributed by atoms with Crippen LogP contribution in [0.3, 0.4) is 0 Å². The Morgan fingerprint density at radius 2 is 1.91 bits per heavy atom. The number of carbonyl (C=O) groups is 3. The number of pyridine rings is 1. The number of aromatic nitrogens is 1. The molecule has 11 heteroatoms. The molecule has 1 atom stereocenters. The molecule has 2 aromatic heterocycles. The molecule has 3 aliphatic rings. The lowest BCUT2D eigenvalue weighted by molar-refractivity contribution is -0.152. The number of aryl methyl sites for hydroxylation is 2. The van der Waals surface area contributed by atoms with Crippen molar-refractivity contribution in [3.8, 4) is 5.88 Å². The van der Waals surface area contributed by atoms with Crippen LogP contribution in [-0.2, 0) is 50.4 Å². The van der Waals surface area contributed by atoms with Gasteiger partial charge in [-0.1, -0.05) is 19.9 Å². The van der Waals surface area contributed by atoms with Crippen molar-refractivity contribution in [2.75, 3.05) is 13.7 Å². The number of hydrogen-bond donors (Lipinski definition) is 0. The van der Waals surface area contributed by atoms with E-state index in [1.54, 1.807) is 24.0 Å². The maximum absolute atomic E-state index is 15.3. The van der Waals surface area contributed by atoms with Crippen LogP contribution < -0.4 is 10.6 Å². The molecule has 1 amide bonds. The van der Waals surface area contributed by atoms with Crippen LogP contribution in [0.15, 0.2) is 37.9 Å². The van der Waals surface area contributed by atoms with Crippen molar-refractivity contribution in [1.29, 1.82) is 0 Å². The fraction of sp³-hybridized carbons (Fsp3) is 0.500. The Morgan fingerprint density at radius 3 is 2.62 bits per heavy atom. The minimum Gasteiger partial charge on any atom is -0.481 e. The van der Waals surface area contributed by atoms with Crippen molar-refractivity contribution >= 4 is 17.7 Å². The quantitative estimate of drug-likeness (QED) is 0.313. The normalized spacial score (nSPS) is 21.4. The Kier molecular flexibility index (Phi) is 8.13. The first-order valence-electron chi connectivity index (χ1n) is 15.4. The number of ether oxygens (including phenoxy) is 2. The first-order chi connectivity index (χ1) is 21.4. The van der Waals surface area contributed by atoms with E-state index >= 15 is 4.39 Å². The molecular weight excluding hydrogens is 583 g/mol. The van der Waals surface area contributed by atoms with Crippen LogP contribution in [0.2, 0.25) is 0 Å². The van der Waals surface area contributed by atoms with Crippen molar-refractivity contribution in [3.63, 3.8) is 0 Å². The van der Waals surface area contributed by atoms with Crippen molar-refractivity contribution in [2.24, 2.45) is 11.8 Å². The smallest absolute Gasteiger partial charge is 0.481 e. The predicted molar refractivity (Wildman–Crippen MR) is 158 cm³/mol. The van der Waals surface area contributed by atoms with Crippen LogP contribution in [0.1, 0.15) is 85.0 Å². The summed E-state index contributed by atoms with van der Waals surface area (Å²) in [5.74, 6) is -1.46. The Bertz CT molecular complexity index is 1720. The van der Waals surface area contributed by atoms with Gasteiger partial charge in [0.15, 0.2) is 23.9 Å². The van der Waals surface area contributed by atoms with E-state index < -0.39 is 17.8 Å². The van der Waals surface area contributed by atoms with Crippen molar-refractivity contribution < 1.29 is 37.1 Å². The van der Waals surface area contributed by atoms with Gasteiger partial charge in [0, 0.05) is 43.4 Å². The van der Waals surface area contributed by atoms with Gasteiger partial charge in [-0.05, 0) is 72.8 Å². The summed E-state index contributed by atoms with van der Waals surface area (Å²) in [6.07, 6.45) is 3.18. The molecule has 0 spiro atoms. The van der Waals surface area contributed by atoms with Crippen molar-refractivity contribution in [3.05, 3.63) is 80.2 Å². The average Bonchev–Trinajstić information content (AvgIpc) is 3.47. The number of fused-ring (bicyclic) bond motifs is 2. The summed E-state index contributed by atoms with van der Waals surface area (Å²) in [6, 6.07) is 6.02. The van der Waals surface area contributed by atoms with Crippen LogP contribution in [0.4, 0.5) is 4.39 Å². The van der Waals surface area contributed by atoms with Crippen LogP contribution in [0.5, 0.6) is 5.88 Å². The zero-order valence-electron chi connectivity index (χ0n) is 25.9.